The molecule has 0 saturated carbocycles. The van der Waals surface area contributed by atoms with Crippen LogP contribution in [0.4, 0.5) is 4.39 Å². The van der Waals surface area contributed by atoms with Crippen molar-refractivity contribution in [2.45, 2.75) is 40.1 Å². The van der Waals surface area contributed by atoms with Crippen molar-refractivity contribution in [3.8, 4) is 11.5 Å². The number of hydrogen-bond donors (Lipinski definition) is 1. The van der Waals surface area contributed by atoms with Crippen LogP contribution in [0.2, 0.25) is 0 Å². The molecule has 1 aliphatic rings. The Morgan fingerprint density at radius 3 is 2.17 bits per heavy atom. The molecule has 30 heavy (non-hydrogen) atoms. The fourth-order valence-corrected chi connectivity index (χ4v) is 3.86. The summed E-state index contributed by atoms with van der Waals surface area (Å²) in [4.78, 5) is 4.80. The molecule has 1 fully saturated rings. The first-order valence-electron chi connectivity index (χ1n) is 10.5. The standard InChI is InChI=1S/C24H34FN3O2/c1-24(2,3)23(30-22-15-19(16-26)7-10-21(22)29-4)28-13-11-27(12-14-28)17-18-5-8-20(25)9-6-18/h5-10,15,23H,11-14,16-17,26H2,1-4H3. The molecule has 1 saturated heterocycles. The van der Waals surface area contributed by atoms with Gasteiger partial charge in [0.15, 0.2) is 17.7 Å². The van der Waals surface area contributed by atoms with E-state index in [2.05, 4.69) is 30.6 Å². The molecule has 1 atom stereocenters. The van der Waals surface area contributed by atoms with Crippen molar-refractivity contribution in [3.63, 3.8) is 0 Å². The van der Waals surface area contributed by atoms with Crippen LogP contribution in [0.25, 0.3) is 0 Å². The number of nitrogens with two attached hydrogens (primary N) is 1. The number of hydrogen-bond acceptors (Lipinski definition) is 5. The molecule has 0 bridgehead atoms. The second kappa shape index (κ2) is 9.77. The van der Waals surface area contributed by atoms with Gasteiger partial charge in [0.05, 0.1) is 7.11 Å². The summed E-state index contributed by atoms with van der Waals surface area (Å²) in [6.45, 7) is 11.6. The number of piperazine rings is 1. The predicted molar refractivity (Wildman–Crippen MR) is 118 cm³/mol. The lowest BCUT2D eigenvalue weighted by atomic mass is 9.92. The van der Waals surface area contributed by atoms with E-state index in [0.29, 0.717) is 6.54 Å². The van der Waals surface area contributed by atoms with Crippen LogP contribution in [-0.4, -0.2) is 49.3 Å². The van der Waals surface area contributed by atoms with E-state index in [-0.39, 0.29) is 17.5 Å². The van der Waals surface area contributed by atoms with Crippen LogP contribution < -0.4 is 15.2 Å². The zero-order chi connectivity index (χ0) is 21.7. The third kappa shape index (κ3) is 5.72. The summed E-state index contributed by atoms with van der Waals surface area (Å²) in [6.07, 6.45) is -0.0904. The van der Waals surface area contributed by atoms with Gasteiger partial charge in [-0.05, 0) is 35.4 Å². The lowest BCUT2D eigenvalue weighted by Crippen LogP contribution is -2.55. The number of nitrogens with zero attached hydrogens (tertiary/aromatic N) is 2. The van der Waals surface area contributed by atoms with Crippen molar-refractivity contribution in [3.05, 3.63) is 59.4 Å². The molecule has 0 aromatic heterocycles. The number of methoxy groups -OCH3 is 1. The molecule has 164 valence electrons. The van der Waals surface area contributed by atoms with Gasteiger partial charge in [-0.25, -0.2) is 4.39 Å². The quantitative estimate of drug-likeness (QED) is 0.744. The highest BCUT2D eigenvalue weighted by atomic mass is 19.1. The summed E-state index contributed by atoms with van der Waals surface area (Å²) >= 11 is 0. The van der Waals surface area contributed by atoms with Crippen molar-refractivity contribution in [2.75, 3.05) is 33.3 Å². The Balaban J connectivity index is 1.68. The van der Waals surface area contributed by atoms with Crippen LogP contribution in [0.3, 0.4) is 0 Å². The minimum atomic E-state index is -0.192. The Bertz CT molecular complexity index is 812. The summed E-state index contributed by atoms with van der Waals surface area (Å²) in [6, 6.07) is 12.6. The van der Waals surface area contributed by atoms with Crippen LogP contribution in [0.5, 0.6) is 11.5 Å². The van der Waals surface area contributed by atoms with Crippen LogP contribution in [0.15, 0.2) is 42.5 Å². The van der Waals surface area contributed by atoms with E-state index >= 15 is 0 Å². The Kier molecular flexibility index (Phi) is 7.34. The highest BCUT2D eigenvalue weighted by Crippen LogP contribution is 2.34. The Morgan fingerprint density at radius 1 is 0.967 bits per heavy atom. The van der Waals surface area contributed by atoms with Crippen LogP contribution in [0.1, 0.15) is 31.9 Å². The van der Waals surface area contributed by atoms with Crippen molar-refractivity contribution < 1.29 is 13.9 Å². The highest BCUT2D eigenvalue weighted by molar-refractivity contribution is 5.43. The molecule has 0 spiro atoms. The molecule has 1 heterocycles. The first kappa shape index (κ1) is 22.5. The van der Waals surface area contributed by atoms with Crippen molar-refractivity contribution in [1.29, 1.82) is 0 Å². The predicted octanol–water partition coefficient (Wildman–Crippen LogP) is 3.86. The molecular weight excluding hydrogens is 381 g/mol. The smallest absolute Gasteiger partial charge is 0.163 e. The zero-order valence-corrected chi connectivity index (χ0v) is 18.5. The molecule has 0 radical (unpaired) electrons. The zero-order valence-electron chi connectivity index (χ0n) is 18.5. The molecule has 6 heteroatoms. The first-order valence-corrected chi connectivity index (χ1v) is 10.5. The van der Waals surface area contributed by atoms with Crippen molar-refractivity contribution in [1.82, 2.24) is 9.80 Å². The van der Waals surface area contributed by atoms with E-state index in [1.165, 1.54) is 12.1 Å². The molecular formula is C24H34FN3O2. The van der Waals surface area contributed by atoms with Crippen molar-refractivity contribution in [2.24, 2.45) is 11.1 Å². The average molecular weight is 416 g/mol. The third-order valence-corrected chi connectivity index (χ3v) is 5.50. The van der Waals surface area contributed by atoms with E-state index in [9.17, 15) is 4.39 Å². The maximum Gasteiger partial charge on any atom is 0.163 e. The van der Waals surface area contributed by atoms with Crippen LogP contribution >= 0.6 is 0 Å². The summed E-state index contributed by atoms with van der Waals surface area (Å²) in [5.74, 6) is 1.26. The second-order valence-corrected chi connectivity index (χ2v) is 8.96. The van der Waals surface area contributed by atoms with Gasteiger partial charge in [-0.1, -0.05) is 39.0 Å². The Hall–Kier alpha value is -2.15. The molecule has 1 aliphatic heterocycles. The summed E-state index contributed by atoms with van der Waals surface area (Å²) < 4.78 is 25.2. The van der Waals surface area contributed by atoms with Gasteiger partial charge in [0.25, 0.3) is 0 Å². The van der Waals surface area contributed by atoms with Gasteiger partial charge in [0, 0.05) is 44.7 Å². The molecule has 1 unspecified atom stereocenters. The molecule has 3 rings (SSSR count). The number of ether oxygens (including phenoxy) is 2. The highest BCUT2D eigenvalue weighted by Gasteiger charge is 2.35. The van der Waals surface area contributed by atoms with Gasteiger partial charge < -0.3 is 15.2 Å². The van der Waals surface area contributed by atoms with Gasteiger partial charge in [-0.15, -0.1) is 0 Å². The fraction of sp³-hybridized carbons (Fsp3) is 0.500. The topological polar surface area (TPSA) is 51.0 Å². The van der Waals surface area contributed by atoms with E-state index in [1.54, 1.807) is 7.11 Å². The van der Waals surface area contributed by atoms with E-state index in [1.807, 2.05) is 30.3 Å². The maximum absolute atomic E-state index is 13.1. The molecule has 0 aliphatic carbocycles. The molecule has 0 amide bonds. The minimum Gasteiger partial charge on any atom is -0.493 e. The van der Waals surface area contributed by atoms with Crippen LogP contribution in [-0.2, 0) is 13.1 Å². The average Bonchev–Trinajstić information content (AvgIpc) is 2.73. The number of halogens is 1. The fourth-order valence-electron chi connectivity index (χ4n) is 3.86. The number of rotatable bonds is 7. The van der Waals surface area contributed by atoms with Gasteiger partial charge in [0.1, 0.15) is 5.82 Å². The molecule has 2 N–H and O–H groups in total. The lowest BCUT2D eigenvalue weighted by Gasteiger charge is -2.44. The van der Waals surface area contributed by atoms with Gasteiger partial charge in [-0.3, -0.25) is 9.80 Å². The van der Waals surface area contributed by atoms with Gasteiger partial charge in [-0.2, -0.15) is 0 Å². The molecule has 5 nitrogen and oxygen atoms in total. The summed E-state index contributed by atoms with van der Waals surface area (Å²) in [5.41, 5.74) is 7.90. The van der Waals surface area contributed by atoms with Crippen molar-refractivity contribution >= 4 is 0 Å². The SMILES string of the molecule is COc1ccc(CN)cc1OC(N1CCN(Cc2ccc(F)cc2)CC1)C(C)(C)C. The molecule has 2 aromatic rings. The number of benzene rings is 2. The maximum atomic E-state index is 13.1. The van der Waals surface area contributed by atoms with Crippen LogP contribution in [0, 0.1) is 11.2 Å². The van der Waals surface area contributed by atoms with E-state index in [0.717, 1.165) is 55.3 Å². The lowest BCUT2D eigenvalue weighted by molar-refractivity contribution is -0.0715. The first-order chi connectivity index (χ1) is 14.3. The van der Waals surface area contributed by atoms with Gasteiger partial charge >= 0.3 is 0 Å². The summed E-state index contributed by atoms with van der Waals surface area (Å²) in [5, 5.41) is 0. The Morgan fingerprint density at radius 2 is 1.60 bits per heavy atom. The third-order valence-electron chi connectivity index (χ3n) is 5.50. The van der Waals surface area contributed by atoms with E-state index < -0.39 is 0 Å². The normalized spacial score (nSPS) is 17.0. The summed E-state index contributed by atoms with van der Waals surface area (Å²) in [7, 11) is 1.66. The second-order valence-electron chi connectivity index (χ2n) is 8.96. The van der Waals surface area contributed by atoms with E-state index in [4.69, 9.17) is 15.2 Å². The largest absolute Gasteiger partial charge is 0.493 e. The molecule has 2 aromatic carbocycles. The monoisotopic (exact) mass is 415 g/mol. The van der Waals surface area contributed by atoms with Gasteiger partial charge in [0.2, 0.25) is 0 Å². The Labute approximate surface area is 179 Å². The minimum absolute atomic E-state index is 0.0805.